The second-order valence-corrected chi connectivity index (χ2v) is 5.39. The van der Waals surface area contributed by atoms with Crippen molar-refractivity contribution in [3.05, 3.63) is 22.5 Å². The van der Waals surface area contributed by atoms with E-state index in [2.05, 4.69) is 21.5 Å². The molecule has 1 saturated carbocycles. The van der Waals surface area contributed by atoms with E-state index in [0.717, 1.165) is 6.54 Å². The van der Waals surface area contributed by atoms with E-state index < -0.39 is 4.92 Å². The van der Waals surface area contributed by atoms with Crippen molar-refractivity contribution < 1.29 is 4.92 Å². The molecule has 0 atom stereocenters. The van der Waals surface area contributed by atoms with E-state index in [4.69, 9.17) is 0 Å². The molecule has 92 valence electrons. The van der Waals surface area contributed by atoms with E-state index in [1.54, 1.807) is 0 Å². The number of nitrogens with one attached hydrogen (secondary N) is 1. The molecule has 0 saturated heterocycles. The molecule has 6 nitrogen and oxygen atoms in total. The summed E-state index contributed by atoms with van der Waals surface area (Å²) in [4.78, 5) is 17.8. The highest BCUT2D eigenvalue weighted by atomic mass is 32.2. The number of nitro groups is 1. The smallest absolute Gasteiger partial charge is 0.305 e. The van der Waals surface area contributed by atoms with Gasteiger partial charge < -0.3 is 5.32 Å². The number of aromatic nitrogens is 2. The fourth-order valence-electron chi connectivity index (χ4n) is 1.77. The maximum Gasteiger partial charge on any atom is 0.305 e. The Morgan fingerprint density at radius 3 is 2.59 bits per heavy atom. The molecule has 1 aliphatic rings. The molecular formula is C10H14N4O2S. The minimum atomic E-state index is -0.501. The van der Waals surface area contributed by atoms with Gasteiger partial charge in [0.15, 0.2) is 0 Å². The van der Waals surface area contributed by atoms with Gasteiger partial charge in [0.05, 0.1) is 4.92 Å². The van der Waals surface area contributed by atoms with E-state index in [-0.39, 0.29) is 5.69 Å². The minimum Gasteiger partial charge on any atom is -0.353 e. The van der Waals surface area contributed by atoms with Crippen molar-refractivity contribution in [2.75, 3.05) is 18.1 Å². The Morgan fingerprint density at radius 1 is 1.53 bits per heavy atom. The molecule has 2 rings (SSSR count). The topological polar surface area (TPSA) is 81.0 Å². The zero-order valence-corrected chi connectivity index (χ0v) is 10.4. The Kier molecular flexibility index (Phi) is 3.46. The van der Waals surface area contributed by atoms with Gasteiger partial charge in [0.25, 0.3) is 0 Å². The van der Waals surface area contributed by atoms with E-state index in [1.807, 2.05) is 11.8 Å². The highest BCUT2D eigenvalue weighted by molar-refractivity contribution is 8.00. The average molecular weight is 254 g/mol. The van der Waals surface area contributed by atoms with Crippen molar-refractivity contribution in [3.63, 3.8) is 0 Å². The molecule has 1 heterocycles. The van der Waals surface area contributed by atoms with E-state index in [1.165, 1.54) is 31.7 Å². The summed E-state index contributed by atoms with van der Waals surface area (Å²) in [6, 6.07) is 0. The van der Waals surface area contributed by atoms with Crippen LogP contribution in [0, 0.1) is 10.1 Å². The maximum atomic E-state index is 10.4. The average Bonchev–Trinajstić information content (AvgIpc) is 2.29. The third-order valence-electron chi connectivity index (χ3n) is 3.12. The molecule has 1 fully saturated rings. The molecule has 1 aromatic heterocycles. The molecule has 1 N–H and O–H groups in total. The van der Waals surface area contributed by atoms with Crippen LogP contribution < -0.4 is 5.32 Å². The van der Waals surface area contributed by atoms with Crippen LogP contribution in [0.3, 0.4) is 0 Å². The summed E-state index contributed by atoms with van der Waals surface area (Å²) < 4.78 is 0.297. The zero-order valence-electron chi connectivity index (χ0n) is 9.55. The summed E-state index contributed by atoms with van der Waals surface area (Å²) in [5.41, 5.74) is -0.0845. The number of rotatable bonds is 5. The van der Waals surface area contributed by atoms with Gasteiger partial charge in [0.2, 0.25) is 5.95 Å². The van der Waals surface area contributed by atoms with Gasteiger partial charge in [0.1, 0.15) is 12.4 Å². The van der Waals surface area contributed by atoms with Gasteiger partial charge >= 0.3 is 5.69 Å². The molecule has 0 amide bonds. The second-order valence-electron chi connectivity index (χ2n) is 4.12. The van der Waals surface area contributed by atoms with Crippen LogP contribution in [0.4, 0.5) is 11.6 Å². The van der Waals surface area contributed by atoms with Crippen LogP contribution >= 0.6 is 11.8 Å². The molecular weight excluding hydrogens is 240 g/mol. The second kappa shape index (κ2) is 4.87. The first-order chi connectivity index (χ1) is 8.15. The summed E-state index contributed by atoms with van der Waals surface area (Å²) in [6.45, 7) is 0.811. The molecule has 0 spiro atoms. The Labute approximate surface area is 103 Å². The Morgan fingerprint density at radius 2 is 2.18 bits per heavy atom. The molecule has 0 radical (unpaired) electrons. The largest absolute Gasteiger partial charge is 0.353 e. The van der Waals surface area contributed by atoms with Crippen LogP contribution in [0.25, 0.3) is 0 Å². The monoisotopic (exact) mass is 254 g/mol. The van der Waals surface area contributed by atoms with Crippen LogP contribution in [-0.2, 0) is 0 Å². The lowest BCUT2D eigenvalue weighted by molar-refractivity contribution is -0.385. The highest BCUT2D eigenvalue weighted by Crippen LogP contribution is 2.42. The molecule has 0 unspecified atom stereocenters. The summed E-state index contributed by atoms with van der Waals surface area (Å²) in [6.07, 6.45) is 8.23. The van der Waals surface area contributed by atoms with Crippen LogP contribution in [0.15, 0.2) is 12.4 Å². The van der Waals surface area contributed by atoms with Gasteiger partial charge in [-0.3, -0.25) is 10.1 Å². The summed E-state index contributed by atoms with van der Waals surface area (Å²) in [5, 5.41) is 13.6. The van der Waals surface area contributed by atoms with Gasteiger partial charge in [0, 0.05) is 11.3 Å². The lowest BCUT2D eigenvalue weighted by atomic mass is 9.84. The zero-order chi connectivity index (χ0) is 12.3. The molecule has 7 heteroatoms. The first-order valence-electron chi connectivity index (χ1n) is 5.41. The Balaban J connectivity index is 1.93. The summed E-state index contributed by atoms with van der Waals surface area (Å²) >= 11 is 1.86. The third kappa shape index (κ3) is 2.66. The highest BCUT2D eigenvalue weighted by Gasteiger charge is 2.35. The number of hydrogen-bond acceptors (Lipinski definition) is 6. The van der Waals surface area contributed by atoms with Gasteiger partial charge in [-0.1, -0.05) is 6.42 Å². The van der Waals surface area contributed by atoms with E-state index in [0.29, 0.717) is 10.7 Å². The molecule has 0 bridgehead atoms. The predicted octanol–water partition coefficient (Wildman–Crippen LogP) is 2.08. The lowest BCUT2D eigenvalue weighted by Crippen LogP contribution is -2.40. The van der Waals surface area contributed by atoms with Crippen molar-refractivity contribution in [1.29, 1.82) is 0 Å². The van der Waals surface area contributed by atoms with E-state index in [9.17, 15) is 10.1 Å². The molecule has 1 aliphatic carbocycles. The fraction of sp³-hybridized carbons (Fsp3) is 0.600. The van der Waals surface area contributed by atoms with Crippen LogP contribution in [0.2, 0.25) is 0 Å². The Bertz CT molecular complexity index is 400. The van der Waals surface area contributed by atoms with Gasteiger partial charge in [-0.15, -0.1) is 0 Å². The lowest BCUT2D eigenvalue weighted by Gasteiger charge is -2.40. The summed E-state index contributed by atoms with van der Waals surface area (Å²) in [5.74, 6) is 0.455. The fourth-order valence-corrected chi connectivity index (χ4v) is 2.68. The molecule has 17 heavy (non-hydrogen) atoms. The molecule has 1 aromatic rings. The first-order valence-corrected chi connectivity index (χ1v) is 6.63. The van der Waals surface area contributed by atoms with Gasteiger partial charge in [-0.05, 0) is 19.1 Å². The van der Waals surface area contributed by atoms with Crippen LogP contribution in [0.5, 0.6) is 0 Å². The summed E-state index contributed by atoms with van der Waals surface area (Å²) in [7, 11) is 0. The quantitative estimate of drug-likeness (QED) is 0.640. The maximum absolute atomic E-state index is 10.4. The predicted molar refractivity (Wildman–Crippen MR) is 67.3 cm³/mol. The molecule has 0 aromatic carbocycles. The Hall–Kier alpha value is -1.37. The van der Waals surface area contributed by atoms with E-state index >= 15 is 0 Å². The number of anilines is 1. The normalized spacial score (nSPS) is 17.2. The van der Waals surface area contributed by atoms with Crippen LogP contribution in [0.1, 0.15) is 19.3 Å². The third-order valence-corrected chi connectivity index (χ3v) is 4.53. The minimum absolute atomic E-state index is 0.0845. The van der Waals surface area contributed by atoms with Crippen LogP contribution in [-0.4, -0.2) is 32.4 Å². The number of hydrogen-bond donors (Lipinski definition) is 1. The van der Waals surface area contributed by atoms with Crippen molar-refractivity contribution >= 4 is 23.4 Å². The van der Waals surface area contributed by atoms with Crippen molar-refractivity contribution in [3.8, 4) is 0 Å². The molecule has 0 aliphatic heterocycles. The van der Waals surface area contributed by atoms with Crippen molar-refractivity contribution in [1.82, 2.24) is 9.97 Å². The number of thioether (sulfide) groups is 1. The SMILES string of the molecule is CSC1(CNc2ncc([N+](=O)[O-])cn2)CCC1. The van der Waals surface area contributed by atoms with Crippen molar-refractivity contribution in [2.24, 2.45) is 0 Å². The van der Waals surface area contributed by atoms with Crippen molar-refractivity contribution in [2.45, 2.75) is 24.0 Å². The van der Waals surface area contributed by atoms with Gasteiger partial charge in [-0.2, -0.15) is 11.8 Å². The number of nitrogens with zero attached hydrogens (tertiary/aromatic N) is 3. The first kappa shape index (κ1) is 12.1. The van der Waals surface area contributed by atoms with Gasteiger partial charge in [-0.25, -0.2) is 9.97 Å². The standard InChI is InChI=1S/C10H14N4O2S/c1-17-10(3-2-4-10)7-13-9-11-5-8(6-12-9)14(15)16/h5-6H,2-4,7H2,1H3,(H,11,12,13).